The highest BCUT2D eigenvalue weighted by Crippen LogP contribution is 2.18. The Morgan fingerprint density at radius 1 is 1.35 bits per heavy atom. The largest absolute Gasteiger partial charge is 0.346 e. The summed E-state index contributed by atoms with van der Waals surface area (Å²) in [7, 11) is 0. The number of rotatable bonds is 4. The van der Waals surface area contributed by atoms with Crippen LogP contribution in [0.3, 0.4) is 0 Å². The van der Waals surface area contributed by atoms with Crippen LogP contribution in [0.25, 0.3) is 0 Å². The highest BCUT2D eigenvalue weighted by molar-refractivity contribution is 5.78. The SMILES string of the molecule is C[C@@H](NC(=O)Cc1cccc(F)c1)c1nnc2n1CCCCC2. The maximum Gasteiger partial charge on any atom is 0.225 e. The fourth-order valence-electron chi connectivity index (χ4n) is 3.02. The molecule has 1 aromatic heterocycles. The normalized spacial score (nSPS) is 15.6. The van der Waals surface area contributed by atoms with Gasteiger partial charge in [-0.15, -0.1) is 10.2 Å². The monoisotopic (exact) mass is 316 g/mol. The maximum atomic E-state index is 13.2. The zero-order valence-corrected chi connectivity index (χ0v) is 13.3. The summed E-state index contributed by atoms with van der Waals surface area (Å²) in [6, 6.07) is 5.90. The van der Waals surface area contributed by atoms with Crippen molar-refractivity contribution in [2.24, 2.45) is 0 Å². The molecule has 0 radical (unpaired) electrons. The lowest BCUT2D eigenvalue weighted by atomic mass is 10.1. The summed E-state index contributed by atoms with van der Waals surface area (Å²) >= 11 is 0. The molecular formula is C17H21FN4O. The summed E-state index contributed by atoms with van der Waals surface area (Å²) in [6.07, 6.45) is 4.55. The molecule has 0 saturated carbocycles. The van der Waals surface area contributed by atoms with E-state index in [2.05, 4.69) is 20.1 Å². The molecule has 6 heteroatoms. The lowest BCUT2D eigenvalue weighted by molar-refractivity contribution is -0.121. The van der Waals surface area contributed by atoms with E-state index in [9.17, 15) is 9.18 Å². The van der Waals surface area contributed by atoms with Gasteiger partial charge in [-0.25, -0.2) is 4.39 Å². The lowest BCUT2D eigenvalue weighted by Crippen LogP contribution is -2.30. The highest BCUT2D eigenvalue weighted by atomic mass is 19.1. The number of fused-ring (bicyclic) bond motifs is 1. The Bertz CT molecular complexity index is 698. The molecule has 1 amide bonds. The minimum atomic E-state index is -0.328. The molecule has 0 spiro atoms. The smallest absolute Gasteiger partial charge is 0.225 e. The van der Waals surface area contributed by atoms with Crippen LogP contribution in [0.5, 0.6) is 0 Å². The molecule has 2 heterocycles. The fraction of sp³-hybridized carbons (Fsp3) is 0.471. The Labute approximate surface area is 134 Å². The van der Waals surface area contributed by atoms with Gasteiger partial charge in [0, 0.05) is 13.0 Å². The Hall–Kier alpha value is -2.24. The van der Waals surface area contributed by atoms with Crippen molar-refractivity contribution < 1.29 is 9.18 Å². The molecule has 0 saturated heterocycles. The number of nitrogens with zero attached hydrogens (tertiary/aromatic N) is 3. The minimum Gasteiger partial charge on any atom is -0.346 e. The molecule has 3 rings (SSSR count). The summed E-state index contributed by atoms with van der Waals surface area (Å²) < 4.78 is 15.3. The van der Waals surface area contributed by atoms with E-state index in [4.69, 9.17) is 0 Å². The van der Waals surface area contributed by atoms with Crippen LogP contribution in [-0.2, 0) is 24.2 Å². The number of amides is 1. The fourth-order valence-corrected chi connectivity index (χ4v) is 3.02. The molecule has 122 valence electrons. The van der Waals surface area contributed by atoms with Crippen LogP contribution < -0.4 is 5.32 Å². The van der Waals surface area contributed by atoms with Gasteiger partial charge in [0.1, 0.15) is 11.6 Å². The van der Waals surface area contributed by atoms with Gasteiger partial charge in [-0.1, -0.05) is 18.6 Å². The first-order valence-electron chi connectivity index (χ1n) is 8.09. The van der Waals surface area contributed by atoms with Gasteiger partial charge in [0.05, 0.1) is 12.5 Å². The first-order chi connectivity index (χ1) is 11.1. The van der Waals surface area contributed by atoms with Crippen molar-refractivity contribution in [2.45, 2.75) is 51.6 Å². The Balaban J connectivity index is 1.66. The Morgan fingerprint density at radius 3 is 3.04 bits per heavy atom. The van der Waals surface area contributed by atoms with Gasteiger partial charge < -0.3 is 9.88 Å². The molecule has 0 aliphatic carbocycles. The maximum absolute atomic E-state index is 13.2. The second-order valence-corrected chi connectivity index (χ2v) is 6.03. The first kappa shape index (κ1) is 15.6. The van der Waals surface area contributed by atoms with Crippen LogP contribution in [0, 0.1) is 5.82 Å². The predicted octanol–water partition coefficient (Wildman–Crippen LogP) is 2.56. The number of carbonyl (C=O) groups is 1. The minimum absolute atomic E-state index is 0.144. The quantitative estimate of drug-likeness (QED) is 0.943. The van der Waals surface area contributed by atoms with Crippen molar-refractivity contribution in [3.8, 4) is 0 Å². The number of benzene rings is 1. The van der Waals surface area contributed by atoms with E-state index in [1.54, 1.807) is 12.1 Å². The molecular weight excluding hydrogens is 295 g/mol. The van der Waals surface area contributed by atoms with Gasteiger partial charge in [0.15, 0.2) is 5.82 Å². The third kappa shape index (κ3) is 3.75. The first-order valence-corrected chi connectivity index (χ1v) is 8.09. The number of hydrogen-bond acceptors (Lipinski definition) is 3. The summed E-state index contributed by atoms with van der Waals surface area (Å²) in [5.74, 6) is 1.33. The van der Waals surface area contributed by atoms with E-state index in [0.717, 1.165) is 37.5 Å². The van der Waals surface area contributed by atoms with Crippen molar-refractivity contribution in [2.75, 3.05) is 0 Å². The molecule has 1 aromatic carbocycles. The van der Waals surface area contributed by atoms with E-state index >= 15 is 0 Å². The Kier molecular flexibility index (Phi) is 4.69. The molecule has 0 unspecified atom stereocenters. The highest BCUT2D eigenvalue weighted by Gasteiger charge is 2.20. The van der Waals surface area contributed by atoms with E-state index in [1.165, 1.54) is 18.6 Å². The molecule has 1 aliphatic heterocycles. The molecule has 1 N–H and O–H groups in total. The number of hydrogen-bond donors (Lipinski definition) is 1. The summed E-state index contributed by atoms with van der Waals surface area (Å²) in [6.45, 7) is 2.81. The van der Waals surface area contributed by atoms with Gasteiger partial charge in [0.25, 0.3) is 0 Å². The molecule has 0 bridgehead atoms. The molecule has 0 fully saturated rings. The van der Waals surface area contributed by atoms with Crippen molar-refractivity contribution in [1.82, 2.24) is 20.1 Å². The number of aromatic nitrogens is 3. The van der Waals surface area contributed by atoms with E-state index < -0.39 is 0 Å². The third-order valence-electron chi connectivity index (χ3n) is 4.16. The molecule has 2 aromatic rings. The lowest BCUT2D eigenvalue weighted by Gasteiger charge is -2.15. The van der Waals surface area contributed by atoms with Crippen LogP contribution in [0.2, 0.25) is 0 Å². The van der Waals surface area contributed by atoms with E-state index in [0.29, 0.717) is 5.56 Å². The summed E-state index contributed by atoms with van der Waals surface area (Å²) in [5, 5.41) is 11.4. The van der Waals surface area contributed by atoms with Crippen molar-refractivity contribution in [3.05, 3.63) is 47.3 Å². The summed E-state index contributed by atoms with van der Waals surface area (Å²) in [4.78, 5) is 12.2. The predicted molar refractivity (Wildman–Crippen MR) is 84.2 cm³/mol. The van der Waals surface area contributed by atoms with Crippen LogP contribution in [0.4, 0.5) is 4.39 Å². The van der Waals surface area contributed by atoms with Crippen molar-refractivity contribution in [1.29, 1.82) is 0 Å². The van der Waals surface area contributed by atoms with Crippen molar-refractivity contribution >= 4 is 5.91 Å². The third-order valence-corrected chi connectivity index (χ3v) is 4.16. The van der Waals surface area contributed by atoms with Crippen LogP contribution in [0.1, 0.15) is 49.4 Å². The average Bonchev–Trinajstić information content (AvgIpc) is 2.76. The zero-order chi connectivity index (χ0) is 16.2. The zero-order valence-electron chi connectivity index (χ0n) is 13.3. The molecule has 23 heavy (non-hydrogen) atoms. The number of halogens is 1. The number of carbonyl (C=O) groups excluding carboxylic acids is 1. The average molecular weight is 316 g/mol. The Morgan fingerprint density at radius 2 is 2.22 bits per heavy atom. The van der Waals surface area contributed by atoms with Crippen molar-refractivity contribution in [3.63, 3.8) is 0 Å². The molecule has 1 atom stereocenters. The second kappa shape index (κ2) is 6.89. The number of nitrogens with one attached hydrogen (secondary N) is 1. The van der Waals surface area contributed by atoms with E-state index in [1.807, 2.05) is 6.92 Å². The molecule has 5 nitrogen and oxygen atoms in total. The standard InChI is InChI=1S/C17H21FN4O/c1-12(17-21-20-15-8-3-2-4-9-22(15)17)19-16(23)11-13-6-5-7-14(18)10-13/h5-7,10,12H,2-4,8-9,11H2,1H3,(H,19,23)/t12-/m1/s1. The van der Waals surface area contributed by atoms with Crippen LogP contribution >= 0.6 is 0 Å². The molecule has 1 aliphatic rings. The number of aryl methyl sites for hydroxylation is 1. The van der Waals surface area contributed by atoms with Gasteiger partial charge >= 0.3 is 0 Å². The van der Waals surface area contributed by atoms with Gasteiger partial charge in [-0.3, -0.25) is 4.79 Å². The topological polar surface area (TPSA) is 59.8 Å². The van der Waals surface area contributed by atoms with Crippen LogP contribution in [0.15, 0.2) is 24.3 Å². The van der Waals surface area contributed by atoms with Gasteiger partial charge in [-0.05, 0) is 37.5 Å². The van der Waals surface area contributed by atoms with Gasteiger partial charge in [-0.2, -0.15) is 0 Å². The second-order valence-electron chi connectivity index (χ2n) is 6.03. The van der Waals surface area contributed by atoms with Crippen LogP contribution in [-0.4, -0.2) is 20.7 Å². The van der Waals surface area contributed by atoms with Gasteiger partial charge in [0.2, 0.25) is 5.91 Å². The van der Waals surface area contributed by atoms with E-state index in [-0.39, 0.29) is 24.2 Å². The summed E-state index contributed by atoms with van der Waals surface area (Å²) in [5.41, 5.74) is 0.662.